The lowest BCUT2D eigenvalue weighted by molar-refractivity contribution is -0.123. The van der Waals surface area contributed by atoms with Gasteiger partial charge in [-0.2, -0.15) is 0 Å². The van der Waals surface area contributed by atoms with Gasteiger partial charge in [-0.15, -0.1) is 0 Å². The van der Waals surface area contributed by atoms with Crippen LogP contribution in [0.2, 0.25) is 0 Å². The first-order valence-electron chi connectivity index (χ1n) is 11.0. The number of hydrogen-bond acceptors (Lipinski definition) is 5. The van der Waals surface area contributed by atoms with E-state index in [9.17, 15) is 9.59 Å². The van der Waals surface area contributed by atoms with Crippen molar-refractivity contribution in [2.45, 2.75) is 27.0 Å². The van der Waals surface area contributed by atoms with Crippen LogP contribution in [0.25, 0.3) is 6.08 Å². The smallest absolute Gasteiger partial charge is 0.293 e. The van der Waals surface area contributed by atoms with Crippen molar-refractivity contribution in [1.29, 1.82) is 0 Å². The van der Waals surface area contributed by atoms with Gasteiger partial charge in [-0.05, 0) is 82.5 Å². The summed E-state index contributed by atoms with van der Waals surface area (Å²) < 4.78 is 13.5. The molecule has 5 nitrogen and oxygen atoms in total. The Morgan fingerprint density at radius 1 is 0.971 bits per heavy atom. The van der Waals surface area contributed by atoms with Crippen LogP contribution >= 0.6 is 43.6 Å². The zero-order valence-corrected chi connectivity index (χ0v) is 23.2. The highest BCUT2D eigenvalue weighted by molar-refractivity contribution is 9.10. The van der Waals surface area contributed by atoms with Crippen LogP contribution in [-0.4, -0.2) is 22.7 Å². The largest absolute Gasteiger partial charge is 0.490 e. The molecule has 2 amide bonds. The van der Waals surface area contributed by atoms with Crippen molar-refractivity contribution in [3.05, 3.63) is 96.8 Å². The molecule has 0 aromatic heterocycles. The average molecular weight is 617 g/mol. The molecule has 0 atom stereocenters. The van der Waals surface area contributed by atoms with Gasteiger partial charge in [0.15, 0.2) is 11.5 Å². The SMILES string of the molecule is CCOc1cc(/C=C2\SC(=O)N(Cc3ccccc3Br)C2=O)cc(Br)c1OCc1cccc(C)c1. The number of thioether (sulfide) groups is 1. The molecule has 1 heterocycles. The third-order valence-electron chi connectivity index (χ3n) is 5.26. The van der Waals surface area contributed by atoms with Gasteiger partial charge in [0, 0.05) is 4.47 Å². The van der Waals surface area contributed by atoms with E-state index in [4.69, 9.17) is 9.47 Å². The topological polar surface area (TPSA) is 55.8 Å². The summed E-state index contributed by atoms with van der Waals surface area (Å²) in [4.78, 5) is 27.2. The third kappa shape index (κ3) is 6.18. The summed E-state index contributed by atoms with van der Waals surface area (Å²) in [7, 11) is 0. The number of ether oxygens (including phenoxy) is 2. The van der Waals surface area contributed by atoms with Crippen LogP contribution in [0.3, 0.4) is 0 Å². The number of benzene rings is 3. The first kappa shape index (κ1) is 25.5. The molecule has 0 bridgehead atoms. The fourth-order valence-electron chi connectivity index (χ4n) is 3.62. The van der Waals surface area contributed by atoms with E-state index < -0.39 is 0 Å². The summed E-state index contributed by atoms with van der Waals surface area (Å²) in [5.74, 6) is 0.838. The zero-order chi connectivity index (χ0) is 24.9. The second-order valence-corrected chi connectivity index (χ2v) is 10.6. The summed E-state index contributed by atoms with van der Waals surface area (Å²) >= 11 is 8.00. The monoisotopic (exact) mass is 615 g/mol. The van der Waals surface area contributed by atoms with Crippen molar-refractivity contribution >= 4 is 60.8 Å². The van der Waals surface area contributed by atoms with E-state index in [-0.39, 0.29) is 17.7 Å². The van der Waals surface area contributed by atoms with Crippen molar-refractivity contribution in [3.63, 3.8) is 0 Å². The van der Waals surface area contributed by atoms with Crippen LogP contribution in [0.15, 0.2) is 74.5 Å². The molecule has 0 unspecified atom stereocenters. The first-order valence-corrected chi connectivity index (χ1v) is 13.4. The Morgan fingerprint density at radius 2 is 1.77 bits per heavy atom. The lowest BCUT2D eigenvalue weighted by Gasteiger charge is -2.15. The minimum absolute atomic E-state index is 0.211. The molecule has 35 heavy (non-hydrogen) atoms. The highest BCUT2D eigenvalue weighted by Crippen LogP contribution is 2.40. The number of amides is 2. The lowest BCUT2D eigenvalue weighted by atomic mass is 10.1. The first-order chi connectivity index (χ1) is 16.9. The number of carbonyl (C=O) groups is 2. The van der Waals surface area contributed by atoms with E-state index in [1.165, 1.54) is 10.5 Å². The quantitative estimate of drug-likeness (QED) is 0.242. The van der Waals surface area contributed by atoms with Gasteiger partial charge >= 0.3 is 0 Å². The number of halogens is 2. The molecule has 0 radical (unpaired) electrons. The fraction of sp³-hybridized carbons (Fsp3) is 0.185. The van der Waals surface area contributed by atoms with Crippen LogP contribution in [-0.2, 0) is 17.9 Å². The van der Waals surface area contributed by atoms with Crippen molar-refractivity contribution in [1.82, 2.24) is 4.90 Å². The molecule has 8 heteroatoms. The zero-order valence-electron chi connectivity index (χ0n) is 19.2. The summed E-state index contributed by atoms with van der Waals surface area (Å²) in [5, 5.41) is -0.292. The van der Waals surface area contributed by atoms with Gasteiger partial charge in [-0.1, -0.05) is 64.0 Å². The van der Waals surface area contributed by atoms with E-state index in [0.717, 1.165) is 32.9 Å². The maximum atomic E-state index is 13.0. The minimum Gasteiger partial charge on any atom is -0.490 e. The molecule has 0 N–H and O–H groups in total. The minimum atomic E-state index is -0.315. The van der Waals surface area contributed by atoms with Gasteiger partial charge in [-0.3, -0.25) is 14.5 Å². The van der Waals surface area contributed by atoms with Crippen LogP contribution in [0.5, 0.6) is 11.5 Å². The predicted octanol–water partition coefficient (Wildman–Crippen LogP) is 7.73. The molecule has 0 aliphatic carbocycles. The van der Waals surface area contributed by atoms with Crippen molar-refractivity contribution in [3.8, 4) is 11.5 Å². The molecule has 0 spiro atoms. The molecule has 1 aliphatic rings. The van der Waals surface area contributed by atoms with Gasteiger partial charge in [0.1, 0.15) is 6.61 Å². The Morgan fingerprint density at radius 3 is 2.51 bits per heavy atom. The van der Waals surface area contributed by atoms with Gasteiger partial charge in [0.2, 0.25) is 0 Å². The summed E-state index contributed by atoms with van der Waals surface area (Å²) in [6.07, 6.45) is 1.71. The normalized spacial score (nSPS) is 14.6. The maximum Gasteiger partial charge on any atom is 0.293 e. The van der Waals surface area contributed by atoms with E-state index in [1.54, 1.807) is 6.08 Å². The van der Waals surface area contributed by atoms with E-state index in [0.29, 0.717) is 34.1 Å². The number of nitrogens with zero attached hydrogens (tertiary/aromatic N) is 1. The van der Waals surface area contributed by atoms with Gasteiger partial charge in [-0.25, -0.2) is 0 Å². The number of aryl methyl sites for hydroxylation is 1. The molecule has 1 fully saturated rings. The molecule has 1 aliphatic heterocycles. The molecule has 4 rings (SSSR count). The molecule has 0 saturated carbocycles. The average Bonchev–Trinajstić information content (AvgIpc) is 3.07. The number of hydrogen-bond donors (Lipinski definition) is 0. The Kier molecular flexibility index (Phi) is 8.36. The summed E-state index contributed by atoms with van der Waals surface area (Å²) in [6, 6.07) is 19.4. The Hall–Kier alpha value is -2.55. The summed E-state index contributed by atoms with van der Waals surface area (Å²) in [5.41, 5.74) is 3.82. The fourth-order valence-corrected chi connectivity index (χ4v) is 5.44. The van der Waals surface area contributed by atoms with Crippen molar-refractivity contribution in [2.24, 2.45) is 0 Å². The van der Waals surface area contributed by atoms with E-state index >= 15 is 0 Å². The molecule has 3 aromatic rings. The van der Waals surface area contributed by atoms with Crippen molar-refractivity contribution in [2.75, 3.05) is 6.61 Å². The molecular formula is C27H23Br2NO4S. The Bertz CT molecular complexity index is 1310. The number of imide groups is 1. The van der Waals surface area contributed by atoms with Gasteiger partial charge < -0.3 is 9.47 Å². The van der Waals surface area contributed by atoms with Gasteiger partial charge in [0.05, 0.1) is 22.5 Å². The second kappa shape index (κ2) is 11.5. The van der Waals surface area contributed by atoms with Crippen molar-refractivity contribution < 1.29 is 19.1 Å². The van der Waals surface area contributed by atoms with Gasteiger partial charge in [0.25, 0.3) is 11.1 Å². The highest BCUT2D eigenvalue weighted by atomic mass is 79.9. The molecular weight excluding hydrogens is 594 g/mol. The number of carbonyl (C=O) groups excluding carboxylic acids is 2. The second-order valence-electron chi connectivity index (χ2n) is 7.90. The lowest BCUT2D eigenvalue weighted by Crippen LogP contribution is -2.27. The predicted molar refractivity (Wildman–Crippen MR) is 146 cm³/mol. The highest BCUT2D eigenvalue weighted by Gasteiger charge is 2.35. The standard InChI is InChI=1S/C27H23Br2NO4S/c1-3-33-23-13-19(12-22(29)25(23)34-16-18-8-6-7-17(2)11-18)14-24-26(31)30(27(32)35-24)15-20-9-4-5-10-21(20)28/h4-14H,3,15-16H2,1-2H3/b24-14-. The number of rotatable bonds is 8. The summed E-state index contributed by atoms with van der Waals surface area (Å²) in [6.45, 7) is 5.01. The van der Waals surface area contributed by atoms with E-state index in [1.807, 2.05) is 68.4 Å². The van der Waals surface area contributed by atoms with Crippen LogP contribution in [0.1, 0.15) is 29.2 Å². The van der Waals surface area contributed by atoms with E-state index in [2.05, 4.69) is 37.9 Å². The molecule has 3 aromatic carbocycles. The maximum absolute atomic E-state index is 13.0. The third-order valence-corrected chi connectivity index (χ3v) is 7.53. The molecule has 1 saturated heterocycles. The Balaban J connectivity index is 1.56. The Labute approximate surface area is 225 Å². The molecule has 180 valence electrons. The van der Waals surface area contributed by atoms with Crippen LogP contribution in [0, 0.1) is 6.92 Å². The van der Waals surface area contributed by atoms with Crippen LogP contribution < -0.4 is 9.47 Å². The van der Waals surface area contributed by atoms with Crippen LogP contribution in [0.4, 0.5) is 4.79 Å².